The van der Waals surface area contributed by atoms with Gasteiger partial charge in [-0.25, -0.2) is 4.79 Å². The van der Waals surface area contributed by atoms with Crippen molar-refractivity contribution >= 4 is 46.8 Å². The van der Waals surface area contributed by atoms with Crippen LogP contribution in [-0.2, 0) is 28.9 Å². The van der Waals surface area contributed by atoms with E-state index < -0.39 is 30.1 Å². The van der Waals surface area contributed by atoms with E-state index in [4.69, 9.17) is 23.2 Å². The standard InChI is InChI=1S/C31H30Cl2N2O5/c1-18-5-4-6-19(11-18)12-23(36)13-20-14-25(32)29(26(33)15-20)28(37)16-22(30(38)39)17-34-31(40)35-27-10-9-21-7-2-3-8-24(21)27/h2-8,11,14-15,22,27H,9-10,12-13,16-17H2,1H3,(H,38,39)(H2,34,35,40). The van der Waals surface area contributed by atoms with Crippen molar-refractivity contribution in [2.75, 3.05) is 6.54 Å². The lowest BCUT2D eigenvalue weighted by molar-refractivity contribution is -0.141. The van der Waals surface area contributed by atoms with Crippen molar-refractivity contribution in [3.8, 4) is 0 Å². The van der Waals surface area contributed by atoms with Gasteiger partial charge in [0.1, 0.15) is 5.78 Å². The Balaban J connectivity index is 1.34. The van der Waals surface area contributed by atoms with Gasteiger partial charge in [-0.05, 0) is 54.2 Å². The molecular weight excluding hydrogens is 551 g/mol. The molecule has 3 N–H and O–H groups in total. The number of halogens is 2. The number of hydrogen-bond donors (Lipinski definition) is 3. The summed E-state index contributed by atoms with van der Waals surface area (Å²) >= 11 is 12.8. The van der Waals surface area contributed by atoms with Gasteiger partial charge in [0, 0.05) is 25.8 Å². The summed E-state index contributed by atoms with van der Waals surface area (Å²) in [6.45, 7) is 1.71. The normalized spacial score (nSPS) is 14.7. The minimum atomic E-state index is -1.23. The highest BCUT2D eigenvalue weighted by atomic mass is 35.5. The zero-order chi connectivity index (χ0) is 28.8. The van der Waals surface area contributed by atoms with Gasteiger partial charge in [-0.3, -0.25) is 14.4 Å². The Bertz CT molecular complexity index is 1430. The van der Waals surface area contributed by atoms with Crippen molar-refractivity contribution in [3.05, 3.63) is 104 Å². The van der Waals surface area contributed by atoms with E-state index in [0.717, 1.165) is 29.5 Å². The zero-order valence-corrected chi connectivity index (χ0v) is 23.5. The second-order valence-electron chi connectivity index (χ2n) is 10.1. The molecule has 0 aliphatic heterocycles. The van der Waals surface area contributed by atoms with Gasteiger partial charge in [0.25, 0.3) is 0 Å². The van der Waals surface area contributed by atoms with Crippen LogP contribution in [0, 0.1) is 12.8 Å². The van der Waals surface area contributed by atoms with E-state index in [1.165, 1.54) is 17.7 Å². The molecule has 3 aromatic rings. The molecule has 40 heavy (non-hydrogen) atoms. The third-order valence-electron chi connectivity index (χ3n) is 6.99. The summed E-state index contributed by atoms with van der Waals surface area (Å²) in [7, 11) is 0. The first kappa shape index (κ1) is 29.3. The number of aliphatic carboxylic acids is 1. The van der Waals surface area contributed by atoms with E-state index in [9.17, 15) is 24.3 Å². The van der Waals surface area contributed by atoms with Crippen LogP contribution in [-0.4, -0.2) is 35.2 Å². The molecule has 2 amide bonds. The molecule has 9 heteroatoms. The summed E-state index contributed by atoms with van der Waals surface area (Å²) in [6, 6.07) is 17.9. The Kier molecular flexibility index (Phi) is 9.61. The van der Waals surface area contributed by atoms with Crippen molar-refractivity contribution in [2.24, 2.45) is 5.92 Å². The van der Waals surface area contributed by atoms with Gasteiger partial charge in [-0.1, -0.05) is 77.3 Å². The number of ketones is 2. The molecule has 3 aromatic carbocycles. The SMILES string of the molecule is Cc1cccc(CC(=O)Cc2cc(Cl)c(C(=O)CC(CNC(=O)NC3CCc4ccccc43)C(=O)O)c(Cl)c2)c1. The predicted octanol–water partition coefficient (Wildman–Crippen LogP) is 5.92. The lowest BCUT2D eigenvalue weighted by Gasteiger charge is -2.17. The third kappa shape index (κ3) is 7.49. The number of carboxylic acids is 1. The highest BCUT2D eigenvalue weighted by molar-refractivity contribution is 6.40. The average Bonchev–Trinajstić information content (AvgIpc) is 3.28. The van der Waals surface area contributed by atoms with Gasteiger partial charge in [0.15, 0.2) is 5.78 Å². The van der Waals surface area contributed by atoms with Crippen LogP contribution >= 0.6 is 23.2 Å². The number of aryl methyl sites for hydroxylation is 2. The molecule has 0 saturated carbocycles. The molecule has 0 bridgehead atoms. The maximum atomic E-state index is 13.0. The van der Waals surface area contributed by atoms with Gasteiger partial charge >= 0.3 is 12.0 Å². The predicted molar refractivity (Wildman–Crippen MR) is 154 cm³/mol. The topological polar surface area (TPSA) is 113 Å². The van der Waals surface area contributed by atoms with Gasteiger partial charge in [-0.2, -0.15) is 0 Å². The fourth-order valence-electron chi connectivity index (χ4n) is 5.04. The zero-order valence-electron chi connectivity index (χ0n) is 22.0. The highest BCUT2D eigenvalue weighted by Crippen LogP contribution is 2.31. The van der Waals surface area contributed by atoms with Crippen LogP contribution < -0.4 is 10.6 Å². The smallest absolute Gasteiger partial charge is 0.315 e. The first-order valence-corrected chi connectivity index (χ1v) is 13.8. The van der Waals surface area contributed by atoms with Crippen LogP contribution in [0.1, 0.15) is 57.1 Å². The van der Waals surface area contributed by atoms with Gasteiger partial charge in [-0.15, -0.1) is 0 Å². The number of carbonyl (C=O) groups excluding carboxylic acids is 3. The van der Waals surface area contributed by atoms with Gasteiger partial charge < -0.3 is 15.7 Å². The minimum Gasteiger partial charge on any atom is -0.481 e. The summed E-state index contributed by atoms with van der Waals surface area (Å²) in [5, 5.41) is 15.2. The van der Waals surface area contributed by atoms with Crippen LogP contribution in [0.3, 0.4) is 0 Å². The molecular formula is C31H30Cl2N2O5. The van der Waals surface area contributed by atoms with Crippen LogP contribution in [0.15, 0.2) is 60.7 Å². The molecule has 0 saturated heterocycles. The number of carbonyl (C=O) groups is 4. The number of nitrogens with one attached hydrogen (secondary N) is 2. The molecule has 7 nitrogen and oxygen atoms in total. The molecule has 208 valence electrons. The lowest BCUT2D eigenvalue weighted by atomic mass is 9.96. The lowest BCUT2D eigenvalue weighted by Crippen LogP contribution is -2.41. The molecule has 0 spiro atoms. The Morgan fingerprint density at radius 2 is 1.65 bits per heavy atom. The summed E-state index contributed by atoms with van der Waals surface area (Å²) < 4.78 is 0. The van der Waals surface area contributed by atoms with E-state index in [1.54, 1.807) is 0 Å². The molecule has 1 aliphatic carbocycles. The third-order valence-corrected chi connectivity index (χ3v) is 7.59. The molecule has 1 aliphatic rings. The number of carboxylic acid groups (broad SMARTS) is 1. The molecule has 2 atom stereocenters. The number of rotatable bonds is 11. The summed E-state index contributed by atoms with van der Waals surface area (Å²) in [5.41, 5.74) is 4.75. The fraction of sp³-hybridized carbons (Fsp3) is 0.290. The molecule has 2 unspecified atom stereocenters. The van der Waals surface area contributed by atoms with Crippen LogP contribution in [0.25, 0.3) is 0 Å². The quantitative estimate of drug-likeness (QED) is 0.244. The largest absolute Gasteiger partial charge is 0.481 e. The molecule has 0 fully saturated rings. The monoisotopic (exact) mass is 580 g/mol. The second kappa shape index (κ2) is 13.1. The van der Waals surface area contributed by atoms with Crippen molar-refractivity contribution < 1.29 is 24.3 Å². The molecule has 4 rings (SSSR count). The minimum absolute atomic E-state index is 0.00326. The van der Waals surface area contributed by atoms with E-state index in [2.05, 4.69) is 10.6 Å². The van der Waals surface area contributed by atoms with E-state index in [0.29, 0.717) is 5.56 Å². The van der Waals surface area contributed by atoms with Crippen molar-refractivity contribution in [3.63, 3.8) is 0 Å². The summed E-state index contributed by atoms with van der Waals surface area (Å²) in [5.74, 6) is -3.01. The van der Waals surface area contributed by atoms with Crippen LogP contribution in [0.5, 0.6) is 0 Å². The second-order valence-corrected chi connectivity index (χ2v) is 10.9. The fourth-order valence-corrected chi connectivity index (χ4v) is 5.78. The van der Waals surface area contributed by atoms with Crippen LogP contribution in [0.4, 0.5) is 4.79 Å². The van der Waals surface area contributed by atoms with E-state index in [1.807, 2.05) is 55.5 Å². The van der Waals surface area contributed by atoms with Crippen molar-refractivity contribution in [1.29, 1.82) is 0 Å². The Morgan fingerprint density at radius 3 is 2.35 bits per heavy atom. The first-order chi connectivity index (χ1) is 19.1. The van der Waals surface area contributed by atoms with E-state index >= 15 is 0 Å². The van der Waals surface area contributed by atoms with Gasteiger partial charge in [0.05, 0.1) is 27.6 Å². The molecule has 0 radical (unpaired) electrons. The van der Waals surface area contributed by atoms with E-state index in [-0.39, 0.29) is 46.8 Å². The van der Waals surface area contributed by atoms with Gasteiger partial charge in [0.2, 0.25) is 0 Å². The number of urea groups is 1. The Morgan fingerprint density at radius 1 is 0.950 bits per heavy atom. The number of Topliss-reactive ketones (excluding diaryl/α,β-unsaturated/α-hetero) is 2. The summed E-state index contributed by atoms with van der Waals surface area (Å²) in [4.78, 5) is 50.0. The molecule has 0 aromatic heterocycles. The Labute approximate surface area is 242 Å². The average molecular weight is 581 g/mol. The summed E-state index contributed by atoms with van der Waals surface area (Å²) in [6.07, 6.45) is 1.55. The van der Waals surface area contributed by atoms with Crippen molar-refractivity contribution in [1.82, 2.24) is 10.6 Å². The highest BCUT2D eigenvalue weighted by Gasteiger charge is 2.27. The van der Waals surface area contributed by atoms with Crippen molar-refractivity contribution in [2.45, 2.75) is 45.1 Å². The maximum Gasteiger partial charge on any atom is 0.315 e. The Hall–Kier alpha value is -3.68. The molecule has 0 heterocycles. The number of hydrogen-bond acceptors (Lipinski definition) is 4. The maximum absolute atomic E-state index is 13.0. The first-order valence-electron chi connectivity index (χ1n) is 13.0. The number of amides is 2. The van der Waals surface area contributed by atoms with Crippen LogP contribution in [0.2, 0.25) is 10.0 Å². The number of benzene rings is 3. The number of fused-ring (bicyclic) bond motifs is 1.